The van der Waals surface area contributed by atoms with E-state index in [0.29, 0.717) is 27.8 Å². The summed E-state index contributed by atoms with van der Waals surface area (Å²) in [5.41, 5.74) is 7.03. The quantitative estimate of drug-likeness (QED) is 0.825. The molecule has 3 N–H and O–H groups in total. The molecule has 0 spiro atoms. The molecule has 0 unspecified atom stereocenters. The van der Waals surface area contributed by atoms with Crippen LogP contribution in [0.1, 0.15) is 5.56 Å². The molecule has 0 aliphatic heterocycles. The van der Waals surface area contributed by atoms with Gasteiger partial charge in [-0.2, -0.15) is 10.2 Å². The summed E-state index contributed by atoms with van der Waals surface area (Å²) in [6, 6.07) is 6.84. The highest BCUT2D eigenvalue weighted by molar-refractivity contribution is 6.33. The van der Waals surface area contributed by atoms with Gasteiger partial charge in [-0.1, -0.05) is 11.6 Å². The molecule has 0 bridgehead atoms. The summed E-state index contributed by atoms with van der Waals surface area (Å²) < 4.78 is 0. The molecule has 5 nitrogen and oxygen atoms in total. The standard InChI is InChI=1S/C11H7Cl2N5/c12-7-2-1-6(4-14)3-9(7)17-10-8(15)5-16-11(13)18-10/h1-3,5H,15H2,(H,16,17,18). The lowest BCUT2D eigenvalue weighted by atomic mass is 10.2. The third-order valence-corrected chi connectivity index (χ3v) is 2.65. The van der Waals surface area contributed by atoms with E-state index in [1.165, 1.54) is 6.20 Å². The monoisotopic (exact) mass is 279 g/mol. The van der Waals surface area contributed by atoms with Gasteiger partial charge in [-0.3, -0.25) is 0 Å². The van der Waals surface area contributed by atoms with Gasteiger partial charge in [0.25, 0.3) is 0 Å². The average molecular weight is 280 g/mol. The third kappa shape index (κ3) is 2.62. The predicted octanol–water partition coefficient (Wildman–Crippen LogP) is 2.98. The Balaban J connectivity index is 2.39. The maximum atomic E-state index is 8.83. The zero-order chi connectivity index (χ0) is 13.1. The minimum atomic E-state index is 0.0688. The fourth-order valence-electron chi connectivity index (χ4n) is 1.29. The molecule has 2 aromatic rings. The van der Waals surface area contributed by atoms with Crippen molar-refractivity contribution in [3.63, 3.8) is 0 Å². The summed E-state index contributed by atoms with van der Waals surface area (Å²) in [5.74, 6) is 0.340. The molecule has 2 rings (SSSR count). The van der Waals surface area contributed by atoms with E-state index < -0.39 is 0 Å². The van der Waals surface area contributed by atoms with Crippen molar-refractivity contribution in [3.8, 4) is 6.07 Å². The number of aromatic nitrogens is 2. The number of nitrogens with two attached hydrogens (primary N) is 1. The first-order valence-corrected chi connectivity index (χ1v) is 5.60. The maximum absolute atomic E-state index is 8.83. The predicted molar refractivity (Wildman–Crippen MR) is 70.9 cm³/mol. The van der Waals surface area contributed by atoms with E-state index in [2.05, 4.69) is 15.3 Å². The number of nitrogen functional groups attached to an aromatic ring is 1. The van der Waals surface area contributed by atoms with E-state index in [9.17, 15) is 0 Å². The van der Waals surface area contributed by atoms with Gasteiger partial charge >= 0.3 is 0 Å². The van der Waals surface area contributed by atoms with Crippen molar-refractivity contribution in [2.45, 2.75) is 0 Å². The molecule has 0 amide bonds. The number of halogens is 2. The van der Waals surface area contributed by atoms with Crippen molar-refractivity contribution >= 4 is 40.4 Å². The fraction of sp³-hybridized carbons (Fsp3) is 0. The van der Waals surface area contributed by atoms with E-state index in [4.69, 9.17) is 34.2 Å². The summed E-state index contributed by atoms with van der Waals surface area (Å²) in [6.45, 7) is 0. The van der Waals surface area contributed by atoms with Gasteiger partial charge in [0.05, 0.1) is 34.2 Å². The Morgan fingerprint density at radius 3 is 2.83 bits per heavy atom. The normalized spacial score (nSPS) is 9.83. The second-order valence-corrected chi connectivity index (χ2v) is 4.12. The Hall–Kier alpha value is -2.03. The Labute approximate surface area is 113 Å². The average Bonchev–Trinajstić information content (AvgIpc) is 2.36. The lowest BCUT2D eigenvalue weighted by Gasteiger charge is -2.09. The van der Waals surface area contributed by atoms with Crippen LogP contribution in [0.25, 0.3) is 0 Å². The first-order chi connectivity index (χ1) is 8.60. The SMILES string of the molecule is N#Cc1ccc(Cl)c(Nc2nc(Cl)ncc2N)c1. The van der Waals surface area contributed by atoms with Crippen LogP contribution in [0.5, 0.6) is 0 Å². The molecule has 90 valence electrons. The number of nitrogens with one attached hydrogen (secondary N) is 1. The molecular weight excluding hydrogens is 273 g/mol. The van der Waals surface area contributed by atoms with Gasteiger partial charge in [-0.25, -0.2) is 4.98 Å². The van der Waals surface area contributed by atoms with Crippen LogP contribution >= 0.6 is 23.2 Å². The molecule has 7 heteroatoms. The third-order valence-electron chi connectivity index (χ3n) is 2.14. The van der Waals surface area contributed by atoms with Crippen molar-refractivity contribution in [2.24, 2.45) is 0 Å². The molecule has 0 atom stereocenters. The van der Waals surface area contributed by atoms with Crippen LogP contribution in [-0.4, -0.2) is 9.97 Å². The molecule has 0 fully saturated rings. The van der Waals surface area contributed by atoms with Gasteiger partial charge < -0.3 is 11.1 Å². The topological polar surface area (TPSA) is 87.6 Å². The van der Waals surface area contributed by atoms with Crippen LogP contribution in [0.15, 0.2) is 24.4 Å². The van der Waals surface area contributed by atoms with Crippen LogP contribution in [0.3, 0.4) is 0 Å². The minimum absolute atomic E-state index is 0.0688. The molecule has 1 heterocycles. The summed E-state index contributed by atoms with van der Waals surface area (Å²) in [7, 11) is 0. The summed E-state index contributed by atoms with van der Waals surface area (Å²) in [5, 5.41) is 12.3. The van der Waals surface area contributed by atoms with E-state index in [-0.39, 0.29) is 5.28 Å². The van der Waals surface area contributed by atoms with Crippen molar-refractivity contribution in [3.05, 3.63) is 40.3 Å². The Kier molecular flexibility index (Phi) is 3.51. The minimum Gasteiger partial charge on any atom is -0.394 e. The maximum Gasteiger partial charge on any atom is 0.224 e. The zero-order valence-corrected chi connectivity index (χ0v) is 10.5. The molecule has 18 heavy (non-hydrogen) atoms. The first kappa shape index (κ1) is 12.4. The first-order valence-electron chi connectivity index (χ1n) is 4.85. The molecule has 0 saturated heterocycles. The number of hydrogen-bond donors (Lipinski definition) is 2. The number of rotatable bonds is 2. The zero-order valence-electron chi connectivity index (χ0n) is 8.98. The van der Waals surface area contributed by atoms with Crippen LogP contribution in [-0.2, 0) is 0 Å². The highest BCUT2D eigenvalue weighted by atomic mass is 35.5. The van der Waals surface area contributed by atoms with E-state index in [0.717, 1.165) is 0 Å². The second kappa shape index (κ2) is 5.08. The number of benzene rings is 1. The molecular formula is C11H7Cl2N5. The van der Waals surface area contributed by atoms with Gasteiger partial charge in [-0.15, -0.1) is 0 Å². The Bertz CT molecular complexity index is 636. The van der Waals surface area contributed by atoms with Gasteiger partial charge in [0.15, 0.2) is 5.82 Å². The van der Waals surface area contributed by atoms with Crippen LogP contribution in [0, 0.1) is 11.3 Å². The summed E-state index contributed by atoms with van der Waals surface area (Å²) >= 11 is 11.7. The number of anilines is 3. The second-order valence-electron chi connectivity index (χ2n) is 3.37. The van der Waals surface area contributed by atoms with Crippen LogP contribution < -0.4 is 11.1 Å². The van der Waals surface area contributed by atoms with Gasteiger partial charge in [0.1, 0.15) is 0 Å². The number of nitrogens with zero attached hydrogens (tertiary/aromatic N) is 3. The number of hydrogen-bond acceptors (Lipinski definition) is 5. The lowest BCUT2D eigenvalue weighted by Crippen LogP contribution is -2.01. The highest BCUT2D eigenvalue weighted by Gasteiger charge is 2.07. The van der Waals surface area contributed by atoms with Gasteiger partial charge in [0, 0.05) is 0 Å². The van der Waals surface area contributed by atoms with Crippen LogP contribution in [0.4, 0.5) is 17.2 Å². The molecule has 1 aromatic heterocycles. The van der Waals surface area contributed by atoms with E-state index in [1.807, 2.05) is 6.07 Å². The summed E-state index contributed by atoms with van der Waals surface area (Å²) in [4.78, 5) is 7.68. The van der Waals surface area contributed by atoms with Crippen molar-refractivity contribution in [2.75, 3.05) is 11.1 Å². The lowest BCUT2D eigenvalue weighted by molar-refractivity contribution is 1.17. The van der Waals surface area contributed by atoms with Gasteiger partial charge in [-0.05, 0) is 29.8 Å². The van der Waals surface area contributed by atoms with Crippen molar-refractivity contribution < 1.29 is 0 Å². The molecule has 1 aromatic carbocycles. The van der Waals surface area contributed by atoms with Gasteiger partial charge in [0.2, 0.25) is 5.28 Å². The molecule has 0 aliphatic carbocycles. The largest absolute Gasteiger partial charge is 0.394 e. The van der Waals surface area contributed by atoms with E-state index >= 15 is 0 Å². The highest BCUT2D eigenvalue weighted by Crippen LogP contribution is 2.28. The number of nitriles is 1. The van der Waals surface area contributed by atoms with Crippen molar-refractivity contribution in [1.29, 1.82) is 5.26 Å². The Morgan fingerprint density at radius 2 is 2.11 bits per heavy atom. The smallest absolute Gasteiger partial charge is 0.224 e. The molecule has 0 radical (unpaired) electrons. The Morgan fingerprint density at radius 1 is 1.33 bits per heavy atom. The molecule has 0 aliphatic rings. The van der Waals surface area contributed by atoms with E-state index in [1.54, 1.807) is 18.2 Å². The van der Waals surface area contributed by atoms with Crippen LogP contribution in [0.2, 0.25) is 10.3 Å². The molecule has 0 saturated carbocycles. The fourth-order valence-corrected chi connectivity index (χ4v) is 1.59. The van der Waals surface area contributed by atoms with Crippen molar-refractivity contribution in [1.82, 2.24) is 9.97 Å². The summed E-state index contributed by atoms with van der Waals surface area (Å²) in [6.07, 6.45) is 1.39.